The van der Waals surface area contributed by atoms with Crippen molar-refractivity contribution in [1.82, 2.24) is 0 Å². The second-order valence-electron chi connectivity index (χ2n) is 6.04. The van der Waals surface area contributed by atoms with E-state index in [1.165, 1.54) is 0 Å². The van der Waals surface area contributed by atoms with Crippen molar-refractivity contribution in [1.29, 1.82) is 0 Å². The molecular weight excluding hydrogens is 272 g/mol. The molecule has 3 heteroatoms. The molecule has 1 N–H and O–H groups in total. The van der Waals surface area contributed by atoms with Crippen molar-refractivity contribution in [2.45, 2.75) is 39.4 Å². The zero-order valence-electron chi connectivity index (χ0n) is 12.4. The van der Waals surface area contributed by atoms with Crippen LogP contribution in [0, 0.1) is 6.92 Å². The Morgan fingerprint density at radius 1 is 1.25 bits per heavy atom. The Hall–Kier alpha value is -1.09. The molecule has 0 fully saturated rings. The summed E-state index contributed by atoms with van der Waals surface area (Å²) in [6.07, 6.45) is -0.410. The zero-order valence-corrected chi connectivity index (χ0v) is 13.2. The maximum absolute atomic E-state index is 9.68. The Bertz CT molecular complexity index is 614. The minimum atomic E-state index is -0.410. The summed E-state index contributed by atoms with van der Waals surface area (Å²) < 4.78 is 5.95. The smallest absolute Gasteiger partial charge is 0.108 e. The lowest BCUT2D eigenvalue weighted by Crippen LogP contribution is -2.25. The van der Waals surface area contributed by atoms with Crippen molar-refractivity contribution < 1.29 is 9.84 Å². The Kier molecular flexibility index (Phi) is 4.38. The number of aliphatic hydroxyl groups is 1. The summed E-state index contributed by atoms with van der Waals surface area (Å²) in [6, 6.07) is 10.1. The highest BCUT2D eigenvalue weighted by Gasteiger charge is 2.24. The van der Waals surface area contributed by atoms with Crippen LogP contribution in [0.4, 0.5) is 0 Å². The van der Waals surface area contributed by atoms with Crippen LogP contribution in [0.2, 0.25) is 5.02 Å². The van der Waals surface area contributed by atoms with E-state index in [2.05, 4.69) is 6.07 Å². The van der Waals surface area contributed by atoms with Crippen LogP contribution in [-0.2, 0) is 4.74 Å². The second kappa shape index (κ2) is 5.72. The van der Waals surface area contributed by atoms with Gasteiger partial charge in [-0.3, -0.25) is 0 Å². The van der Waals surface area contributed by atoms with E-state index in [9.17, 15) is 5.11 Å². The molecule has 0 saturated heterocycles. The number of aliphatic hydroxyl groups excluding tert-OH is 1. The van der Waals surface area contributed by atoms with Gasteiger partial charge in [-0.05, 0) is 38.6 Å². The minimum Gasteiger partial charge on any atom is -0.393 e. The molecule has 0 aromatic heterocycles. The summed E-state index contributed by atoms with van der Waals surface area (Å²) in [5, 5.41) is 12.4. The van der Waals surface area contributed by atoms with E-state index >= 15 is 0 Å². The van der Waals surface area contributed by atoms with Gasteiger partial charge in [0.25, 0.3) is 0 Å². The van der Waals surface area contributed by atoms with E-state index in [1.54, 1.807) is 0 Å². The van der Waals surface area contributed by atoms with E-state index in [0.717, 1.165) is 21.9 Å². The molecule has 2 nitrogen and oxygen atoms in total. The summed E-state index contributed by atoms with van der Waals surface area (Å²) in [5.74, 6) is 0. The number of rotatable bonds is 3. The first-order valence-corrected chi connectivity index (χ1v) is 7.17. The molecule has 0 aliphatic rings. The summed E-state index contributed by atoms with van der Waals surface area (Å²) in [6.45, 7) is 7.83. The molecule has 0 heterocycles. The van der Waals surface area contributed by atoms with E-state index in [4.69, 9.17) is 16.3 Å². The standard InChI is InChI=1S/C17H21ClO2/c1-11-9-12-7-5-6-8-13(12)16(18)15(11)14(10-19)20-17(2,3)4/h5-9,14,19H,10H2,1-4H3/t14-/m1/s1. The van der Waals surface area contributed by atoms with Gasteiger partial charge in [-0.15, -0.1) is 0 Å². The Labute approximate surface area is 125 Å². The number of halogens is 1. The summed E-state index contributed by atoms with van der Waals surface area (Å²) in [4.78, 5) is 0. The van der Waals surface area contributed by atoms with Gasteiger partial charge in [0, 0.05) is 10.9 Å². The molecule has 0 saturated carbocycles. The summed E-state index contributed by atoms with van der Waals surface area (Å²) >= 11 is 6.56. The monoisotopic (exact) mass is 292 g/mol. The molecule has 2 rings (SSSR count). The van der Waals surface area contributed by atoms with Crippen LogP contribution in [0.15, 0.2) is 30.3 Å². The molecule has 0 amide bonds. The van der Waals surface area contributed by atoms with Crippen LogP contribution in [-0.4, -0.2) is 17.3 Å². The number of benzene rings is 2. The third-order valence-corrected chi connectivity index (χ3v) is 3.62. The van der Waals surface area contributed by atoms with Gasteiger partial charge in [0.2, 0.25) is 0 Å². The maximum atomic E-state index is 9.68. The van der Waals surface area contributed by atoms with Crippen molar-refractivity contribution in [2.75, 3.05) is 6.61 Å². The largest absolute Gasteiger partial charge is 0.393 e. The molecular formula is C17H21ClO2. The SMILES string of the molecule is Cc1cc2ccccc2c(Cl)c1[C@@H](CO)OC(C)(C)C. The van der Waals surface area contributed by atoms with Gasteiger partial charge in [-0.1, -0.05) is 41.9 Å². The van der Waals surface area contributed by atoms with Crippen molar-refractivity contribution in [3.8, 4) is 0 Å². The first-order chi connectivity index (χ1) is 9.33. The quantitative estimate of drug-likeness (QED) is 0.892. The van der Waals surface area contributed by atoms with E-state index in [0.29, 0.717) is 5.02 Å². The number of aryl methyl sites for hydroxylation is 1. The van der Waals surface area contributed by atoms with Gasteiger partial charge < -0.3 is 9.84 Å². The van der Waals surface area contributed by atoms with Gasteiger partial charge in [-0.25, -0.2) is 0 Å². The minimum absolute atomic E-state index is 0.0871. The molecule has 0 bridgehead atoms. The fraction of sp³-hybridized carbons (Fsp3) is 0.412. The van der Waals surface area contributed by atoms with E-state index in [-0.39, 0.29) is 12.2 Å². The first kappa shape index (κ1) is 15.3. The lowest BCUT2D eigenvalue weighted by atomic mass is 9.97. The van der Waals surface area contributed by atoms with Gasteiger partial charge >= 0.3 is 0 Å². The molecule has 2 aromatic carbocycles. The summed E-state index contributed by atoms with van der Waals surface area (Å²) in [7, 11) is 0. The Morgan fingerprint density at radius 2 is 1.90 bits per heavy atom. The van der Waals surface area contributed by atoms with Gasteiger partial charge in [0.05, 0.1) is 17.2 Å². The molecule has 0 aliphatic heterocycles. The van der Waals surface area contributed by atoms with E-state index in [1.807, 2.05) is 52.0 Å². The van der Waals surface area contributed by atoms with Crippen LogP contribution < -0.4 is 0 Å². The highest BCUT2D eigenvalue weighted by Crippen LogP contribution is 2.36. The highest BCUT2D eigenvalue weighted by molar-refractivity contribution is 6.36. The fourth-order valence-electron chi connectivity index (χ4n) is 2.46. The predicted molar refractivity (Wildman–Crippen MR) is 84.4 cm³/mol. The van der Waals surface area contributed by atoms with Crippen LogP contribution in [0.5, 0.6) is 0 Å². The van der Waals surface area contributed by atoms with Crippen LogP contribution in [0.1, 0.15) is 38.0 Å². The van der Waals surface area contributed by atoms with Crippen molar-refractivity contribution in [2.24, 2.45) is 0 Å². The topological polar surface area (TPSA) is 29.5 Å². The lowest BCUT2D eigenvalue weighted by molar-refractivity contribution is -0.0823. The maximum Gasteiger partial charge on any atom is 0.108 e. The van der Waals surface area contributed by atoms with Gasteiger partial charge in [0.1, 0.15) is 6.10 Å². The Morgan fingerprint density at radius 3 is 2.50 bits per heavy atom. The summed E-state index contributed by atoms with van der Waals surface area (Å²) in [5.41, 5.74) is 1.58. The number of hydrogen-bond acceptors (Lipinski definition) is 2. The number of fused-ring (bicyclic) bond motifs is 1. The van der Waals surface area contributed by atoms with Crippen LogP contribution >= 0.6 is 11.6 Å². The third-order valence-electron chi connectivity index (χ3n) is 3.21. The van der Waals surface area contributed by atoms with E-state index < -0.39 is 6.10 Å². The molecule has 20 heavy (non-hydrogen) atoms. The molecule has 0 aliphatic carbocycles. The van der Waals surface area contributed by atoms with Crippen LogP contribution in [0.3, 0.4) is 0 Å². The first-order valence-electron chi connectivity index (χ1n) is 6.80. The van der Waals surface area contributed by atoms with Crippen LogP contribution in [0.25, 0.3) is 10.8 Å². The fourth-order valence-corrected chi connectivity index (χ4v) is 2.90. The van der Waals surface area contributed by atoms with Gasteiger partial charge in [0.15, 0.2) is 0 Å². The average Bonchev–Trinajstić information content (AvgIpc) is 2.36. The molecule has 0 radical (unpaired) electrons. The average molecular weight is 293 g/mol. The molecule has 2 aromatic rings. The van der Waals surface area contributed by atoms with Gasteiger partial charge in [-0.2, -0.15) is 0 Å². The highest BCUT2D eigenvalue weighted by atomic mass is 35.5. The second-order valence-corrected chi connectivity index (χ2v) is 6.42. The van der Waals surface area contributed by atoms with Crippen molar-refractivity contribution in [3.05, 3.63) is 46.5 Å². The molecule has 1 atom stereocenters. The molecule has 108 valence electrons. The zero-order chi connectivity index (χ0) is 14.9. The third kappa shape index (κ3) is 3.14. The van der Waals surface area contributed by atoms with Crippen molar-refractivity contribution in [3.63, 3.8) is 0 Å². The normalized spacial score (nSPS) is 13.7. The number of ether oxygens (including phenoxy) is 1. The number of hydrogen-bond donors (Lipinski definition) is 1. The lowest BCUT2D eigenvalue weighted by Gasteiger charge is -2.28. The van der Waals surface area contributed by atoms with Crippen molar-refractivity contribution >= 4 is 22.4 Å². The molecule has 0 spiro atoms. The molecule has 0 unspecified atom stereocenters. The predicted octanol–water partition coefficient (Wildman–Crippen LogP) is 4.65. The Balaban J connectivity index is 2.57.